The van der Waals surface area contributed by atoms with Crippen LogP contribution in [0, 0.1) is 0 Å². The summed E-state index contributed by atoms with van der Waals surface area (Å²) in [6.07, 6.45) is 0. The van der Waals surface area contributed by atoms with Gasteiger partial charge in [-0.3, -0.25) is 0 Å². The van der Waals surface area contributed by atoms with Crippen LogP contribution in [0.4, 0.5) is 0 Å². The fourth-order valence-electron chi connectivity index (χ4n) is 1.13. The first-order chi connectivity index (χ1) is 6.70. The molecule has 0 fully saturated rings. The molecule has 0 aliphatic carbocycles. The van der Waals surface area contributed by atoms with Crippen LogP contribution in [-0.4, -0.2) is 9.17 Å². The number of hydrogen-bond donors (Lipinski definition) is 0. The molecular formula is C10H8O3Si-2. The van der Waals surface area contributed by atoms with Gasteiger partial charge in [-0.15, -0.1) is 0 Å². The van der Waals surface area contributed by atoms with Crippen molar-refractivity contribution in [3.8, 4) is 0 Å². The monoisotopic (exact) mass is 204 g/mol. The van der Waals surface area contributed by atoms with Crippen molar-refractivity contribution in [2.24, 2.45) is 0 Å². The van der Waals surface area contributed by atoms with Gasteiger partial charge in [0.15, 0.2) is 0 Å². The third kappa shape index (κ3) is 3.36. The van der Waals surface area contributed by atoms with Crippen LogP contribution in [0.1, 0.15) is 0 Å². The lowest BCUT2D eigenvalue weighted by Crippen LogP contribution is -2.34. The minimum absolute atomic E-state index is 1.31. The molecule has 0 aromatic heterocycles. The van der Waals surface area contributed by atoms with E-state index in [4.69, 9.17) is 14.1 Å². The van der Waals surface area contributed by atoms with Crippen LogP contribution in [0.15, 0.2) is 48.5 Å². The molecule has 0 heterocycles. The molecule has 72 valence electrons. The summed E-state index contributed by atoms with van der Waals surface area (Å²) in [5, 5.41) is 2.62. The lowest BCUT2D eigenvalue weighted by Gasteiger charge is -1.94. The number of rotatable bonds is 0. The van der Waals surface area contributed by atoms with Crippen molar-refractivity contribution < 1.29 is 14.1 Å². The Labute approximate surface area is 83.2 Å². The Morgan fingerprint density at radius 2 is 1.00 bits per heavy atom. The van der Waals surface area contributed by atoms with Crippen molar-refractivity contribution in [1.29, 1.82) is 0 Å². The zero-order valence-electron chi connectivity index (χ0n) is 7.34. The van der Waals surface area contributed by atoms with Crippen LogP contribution in [0.2, 0.25) is 0 Å². The minimum Gasteiger partial charge on any atom is -0.672 e. The summed E-state index contributed by atoms with van der Waals surface area (Å²) in [5.74, 6) is 0. The quantitative estimate of drug-likeness (QED) is 0.566. The van der Waals surface area contributed by atoms with Crippen LogP contribution in [0.25, 0.3) is 10.8 Å². The molecule has 0 saturated carbocycles. The Balaban J connectivity index is 0.000000213. The molecule has 0 amide bonds. The molecule has 2 aromatic carbocycles. The molecule has 0 N–H and O–H groups in total. The molecule has 0 atom stereocenters. The second-order valence-corrected chi connectivity index (χ2v) is 3.10. The molecule has 0 aliphatic rings. The highest BCUT2D eigenvalue weighted by molar-refractivity contribution is 6.17. The van der Waals surface area contributed by atoms with Gasteiger partial charge in [0, 0.05) is 9.17 Å². The number of fused-ring (bicyclic) bond motifs is 1. The lowest BCUT2D eigenvalue weighted by molar-refractivity contribution is -0.354. The van der Waals surface area contributed by atoms with E-state index >= 15 is 0 Å². The van der Waals surface area contributed by atoms with Crippen molar-refractivity contribution in [3.63, 3.8) is 0 Å². The summed E-state index contributed by atoms with van der Waals surface area (Å²) in [6, 6.07) is 16.7. The predicted octanol–water partition coefficient (Wildman–Crippen LogP) is -0.0378. The third-order valence-corrected chi connectivity index (χ3v) is 1.66. The highest BCUT2D eigenvalue weighted by Gasteiger charge is 1.85. The number of hydrogen-bond acceptors (Lipinski definition) is 3. The smallest absolute Gasteiger partial charge is 0.0172 e. The van der Waals surface area contributed by atoms with Crippen molar-refractivity contribution >= 4 is 19.9 Å². The average Bonchev–Trinajstić information content (AvgIpc) is 2.17. The normalized spacial score (nSPS) is 8.86. The standard InChI is InChI=1S/C10H8.O3Si/c1-2-6-10-8-4-3-7-9(10)5-1;1-4(2)3/h1-8H;/q;-2. The fourth-order valence-corrected chi connectivity index (χ4v) is 1.13. The van der Waals surface area contributed by atoms with E-state index in [-0.39, 0.29) is 0 Å². The fraction of sp³-hybridized carbons (Fsp3) is 0. The Bertz CT molecular complexity index is 359. The molecule has 0 unspecified atom stereocenters. The van der Waals surface area contributed by atoms with Crippen LogP contribution < -0.4 is 9.59 Å². The van der Waals surface area contributed by atoms with Gasteiger partial charge >= 0.3 is 0 Å². The van der Waals surface area contributed by atoms with E-state index in [1.54, 1.807) is 0 Å². The van der Waals surface area contributed by atoms with Gasteiger partial charge in [-0.2, -0.15) is 0 Å². The molecule has 0 saturated heterocycles. The second kappa shape index (κ2) is 5.13. The van der Waals surface area contributed by atoms with Gasteiger partial charge in [-0.25, -0.2) is 0 Å². The SMILES string of the molecule is O=[Si]([O-])[O-].c1ccc2ccccc2c1. The third-order valence-electron chi connectivity index (χ3n) is 1.66. The molecule has 0 radical (unpaired) electrons. The van der Waals surface area contributed by atoms with Crippen molar-refractivity contribution in [2.45, 2.75) is 0 Å². The first-order valence-corrected chi connectivity index (χ1v) is 5.24. The Hall–Kier alpha value is -1.68. The topological polar surface area (TPSA) is 63.2 Å². The molecule has 14 heavy (non-hydrogen) atoms. The summed E-state index contributed by atoms with van der Waals surface area (Å²) < 4.78 is 8.52. The van der Waals surface area contributed by atoms with E-state index < -0.39 is 9.17 Å². The van der Waals surface area contributed by atoms with E-state index in [1.165, 1.54) is 10.8 Å². The van der Waals surface area contributed by atoms with Gasteiger partial charge in [0.05, 0.1) is 0 Å². The highest BCUT2D eigenvalue weighted by Crippen LogP contribution is 2.11. The summed E-state index contributed by atoms with van der Waals surface area (Å²) >= 11 is 0. The van der Waals surface area contributed by atoms with Crippen LogP contribution in [0.5, 0.6) is 0 Å². The minimum atomic E-state index is -3.63. The zero-order chi connectivity index (χ0) is 10.4. The lowest BCUT2D eigenvalue weighted by atomic mass is 10.1. The Kier molecular flexibility index (Phi) is 3.81. The van der Waals surface area contributed by atoms with Crippen molar-refractivity contribution in [1.82, 2.24) is 0 Å². The summed E-state index contributed by atoms with van der Waals surface area (Å²) in [7, 11) is -3.63. The van der Waals surface area contributed by atoms with Gasteiger partial charge in [0.1, 0.15) is 0 Å². The maximum atomic E-state index is 8.52. The van der Waals surface area contributed by atoms with Crippen molar-refractivity contribution in [3.05, 3.63) is 48.5 Å². The van der Waals surface area contributed by atoms with Crippen LogP contribution in [0.3, 0.4) is 0 Å². The van der Waals surface area contributed by atoms with Gasteiger partial charge in [0.2, 0.25) is 0 Å². The second-order valence-electron chi connectivity index (χ2n) is 2.60. The molecule has 4 heteroatoms. The highest BCUT2D eigenvalue weighted by atomic mass is 28.3. The molecule has 0 aliphatic heterocycles. The van der Waals surface area contributed by atoms with Crippen LogP contribution >= 0.6 is 0 Å². The molecule has 2 aromatic rings. The van der Waals surface area contributed by atoms with Crippen molar-refractivity contribution in [2.75, 3.05) is 0 Å². The maximum Gasteiger partial charge on any atom is 0.0172 e. The summed E-state index contributed by atoms with van der Waals surface area (Å²) in [5.41, 5.74) is 0. The summed E-state index contributed by atoms with van der Waals surface area (Å²) in [4.78, 5) is 17.0. The maximum absolute atomic E-state index is 8.52. The van der Waals surface area contributed by atoms with Gasteiger partial charge < -0.3 is 14.1 Å². The van der Waals surface area contributed by atoms with E-state index in [2.05, 4.69) is 48.5 Å². The Morgan fingerprint density at radius 3 is 1.21 bits per heavy atom. The first-order valence-electron chi connectivity index (χ1n) is 4.02. The van der Waals surface area contributed by atoms with E-state index in [0.717, 1.165) is 0 Å². The molecule has 2 rings (SSSR count). The number of benzene rings is 2. The molecule has 0 bridgehead atoms. The Morgan fingerprint density at radius 1 is 0.786 bits per heavy atom. The molecular weight excluding hydrogens is 196 g/mol. The molecule has 0 spiro atoms. The predicted molar refractivity (Wildman–Crippen MR) is 50.4 cm³/mol. The average molecular weight is 204 g/mol. The summed E-state index contributed by atoms with van der Waals surface area (Å²) in [6.45, 7) is 0. The van der Waals surface area contributed by atoms with Crippen LogP contribution in [-0.2, 0) is 4.46 Å². The van der Waals surface area contributed by atoms with E-state index in [9.17, 15) is 0 Å². The van der Waals surface area contributed by atoms with E-state index in [0.29, 0.717) is 0 Å². The van der Waals surface area contributed by atoms with E-state index in [1.807, 2.05) is 0 Å². The largest absolute Gasteiger partial charge is 0.672 e. The van der Waals surface area contributed by atoms with Gasteiger partial charge in [-0.05, 0) is 10.8 Å². The van der Waals surface area contributed by atoms with Gasteiger partial charge in [-0.1, -0.05) is 48.5 Å². The molecule has 3 nitrogen and oxygen atoms in total. The first kappa shape index (κ1) is 10.4. The zero-order valence-corrected chi connectivity index (χ0v) is 8.34. The van der Waals surface area contributed by atoms with Gasteiger partial charge in [0.25, 0.3) is 0 Å².